The third-order valence-electron chi connectivity index (χ3n) is 7.42. The quantitative estimate of drug-likeness (QED) is 0.298. The van der Waals surface area contributed by atoms with E-state index in [9.17, 15) is 14.7 Å². The number of hydrogen-bond donors (Lipinski definition) is 1. The Balaban J connectivity index is 2.05. The maximum absolute atomic E-state index is 14.1. The molecule has 1 atom stereocenters. The maximum Gasteiger partial charge on any atom is 0.335 e. The van der Waals surface area contributed by atoms with Crippen LogP contribution in [0.1, 0.15) is 78.9 Å². The molecule has 0 spiro atoms. The van der Waals surface area contributed by atoms with Gasteiger partial charge in [0.1, 0.15) is 0 Å². The molecule has 0 bridgehead atoms. The number of benzene rings is 2. The molecule has 5 nitrogen and oxygen atoms in total. The molecule has 0 fully saturated rings. The minimum absolute atomic E-state index is 0.0707. The highest BCUT2D eigenvalue weighted by molar-refractivity contribution is 14.1. The Morgan fingerprint density at radius 3 is 2.23 bits per heavy atom. The number of carbonyl (C=O) groups excluding carboxylic acids is 1. The molecular weight excluding hydrogens is 569 g/mol. The third-order valence-corrected chi connectivity index (χ3v) is 13.1. The van der Waals surface area contributed by atoms with Crippen molar-refractivity contribution in [3.05, 3.63) is 67.8 Å². The Kier molecular flexibility index (Phi) is 7.94. The van der Waals surface area contributed by atoms with Crippen LogP contribution < -0.4 is 0 Å². The average molecular weight is 608 g/mol. The average Bonchev–Trinajstić information content (AvgIpc) is 2.75. The van der Waals surface area contributed by atoms with Crippen molar-refractivity contribution in [1.82, 2.24) is 4.90 Å². The summed E-state index contributed by atoms with van der Waals surface area (Å²) in [5.41, 5.74) is 3.54. The third kappa shape index (κ3) is 5.99. The van der Waals surface area contributed by atoms with Crippen LogP contribution in [0, 0.1) is 3.57 Å². The SMILES string of the molecule is CC(C)(C)c1cc(C(=O)O)cc(C(=O)N2Cc3ccccc3CC2CO[Si](C)(C)C(C)(C)C)c1I. The van der Waals surface area contributed by atoms with Crippen molar-refractivity contribution in [2.75, 3.05) is 6.61 Å². The summed E-state index contributed by atoms with van der Waals surface area (Å²) >= 11 is 2.20. The van der Waals surface area contributed by atoms with Crippen LogP contribution in [-0.2, 0) is 22.8 Å². The normalized spacial score (nSPS) is 16.7. The number of carboxylic acid groups (broad SMARTS) is 1. The fraction of sp³-hybridized carbons (Fsp3) is 0.500. The number of halogens is 1. The van der Waals surface area contributed by atoms with Gasteiger partial charge in [-0.05, 0) is 81.4 Å². The summed E-state index contributed by atoms with van der Waals surface area (Å²) in [6, 6.07) is 11.4. The molecule has 3 rings (SSSR count). The highest BCUT2D eigenvalue weighted by Gasteiger charge is 2.40. The van der Waals surface area contributed by atoms with Crippen molar-refractivity contribution < 1.29 is 19.1 Å². The lowest BCUT2D eigenvalue weighted by Crippen LogP contribution is -2.50. The molecule has 190 valence electrons. The van der Waals surface area contributed by atoms with Crippen molar-refractivity contribution in [3.63, 3.8) is 0 Å². The molecule has 7 heteroatoms. The van der Waals surface area contributed by atoms with Gasteiger partial charge in [0.2, 0.25) is 0 Å². The van der Waals surface area contributed by atoms with E-state index in [1.54, 1.807) is 6.07 Å². The Morgan fingerprint density at radius 1 is 1.09 bits per heavy atom. The van der Waals surface area contributed by atoms with Crippen LogP contribution in [0.25, 0.3) is 0 Å². The lowest BCUT2D eigenvalue weighted by atomic mass is 9.84. The van der Waals surface area contributed by atoms with Crippen molar-refractivity contribution in [2.24, 2.45) is 0 Å². The zero-order valence-corrected chi connectivity index (χ0v) is 25.3. The number of carbonyl (C=O) groups is 2. The van der Waals surface area contributed by atoms with Crippen LogP contribution in [0.15, 0.2) is 36.4 Å². The van der Waals surface area contributed by atoms with Gasteiger partial charge in [0.15, 0.2) is 8.32 Å². The molecule has 0 saturated heterocycles. The molecule has 1 heterocycles. The lowest BCUT2D eigenvalue weighted by Gasteiger charge is -2.41. The van der Waals surface area contributed by atoms with E-state index < -0.39 is 14.3 Å². The first kappa shape index (κ1) is 27.9. The van der Waals surface area contributed by atoms with Crippen molar-refractivity contribution in [2.45, 2.75) is 84.1 Å². The minimum Gasteiger partial charge on any atom is -0.478 e. The highest BCUT2D eigenvalue weighted by atomic mass is 127. The van der Waals surface area contributed by atoms with E-state index in [-0.39, 0.29) is 28.0 Å². The van der Waals surface area contributed by atoms with Crippen LogP contribution in [0.4, 0.5) is 0 Å². The molecule has 0 aromatic heterocycles. The minimum atomic E-state index is -2.01. The molecule has 0 aliphatic carbocycles. The number of fused-ring (bicyclic) bond motifs is 1. The van der Waals surface area contributed by atoms with E-state index in [0.717, 1.165) is 21.1 Å². The molecule has 0 saturated carbocycles. The van der Waals surface area contributed by atoms with Gasteiger partial charge in [-0.3, -0.25) is 4.79 Å². The summed E-state index contributed by atoms with van der Waals surface area (Å²) in [5, 5.41) is 9.84. The van der Waals surface area contributed by atoms with E-state index in [1.807, 2.05) is 37.8 Å². The topological polar surface area (TPSA) is 66.8 Å². The second-order valence-corrected chi connectivity index (χ2v) is 18.0. The van der Waals surface area contributed by atoms with Gasteiger partial charge in [0.25, 0.3) is 5.91 Å². The number of rotatable bonds is 5. The molecule has 1 unspecified atom stereocenters. The largest absolute Gasteiger partial charge is 0.478 e. The number of aromatic carboxylic acids is 1. The first-order valence-corrected chi connectivity index (χ1v) is 16.1. The summed E-state index contributed by atoms with van der Waals surface area (Å²) in [6.45, 7) is 18.2. The molecule has 1 aliphatic heterocycles. The van der Waals surface area contributed by atoms with Crippen LogP contribution in [0.2, 0.25) is 18.1 Å². The Morgan fingerprint density at radius 2 is 1.69 bits per heavy atom. The van der Waals surface area contributed by atoms with Crippen molar-refractivity contribution in [1.29, 1.82) is 0 Å². The monoisotopic (exact) mass is 607 g/mol. The van der Waals surface area contributed by atoms with Gasteiger partial charge >= 0.3 is 5.97 Å². The van der Waals surface area contributed by atoms with Crippen LogP contribution in [-0.4, -0.2) is 42.8 Å². The van der Waals surface area contributed by atoms with Gasteiger partial charge in [0.05, 0.1) is 23.8 Å². The summed E-state index contributed by atoms with van der Waals surface area (Å²) in [6.07, 6.45) is 0.720. The Labute approximate surface area is 224 Å². The number of hydrogen-bond acceptors (Lipinski definition) is 3. The number of carboxylic acids is 1. The molecule has 35 heavy (non-hydrogen) atoms. The summed E-state index contributed by atoms with van der Waals surface area (Å²) in [5.74, 6) is -1.16. The molecule has 0 radical (unpaired) electrons. The van der Waals surface area contributed by atoms with Gasteiger partial charge in [-0.15, -0.1) is 0 Å². The summed E-state index contributed by atoms with van der Waals surface area (Å²) in [4.78, 5) is 27.9. The Hall–Kier alpha value is -1.71. The van der Waals surface area contributed by atoms with Gasteiger partial charge in [-0.2, -0.15) is 0 Å². The zero-order valence-electron chi connectivity index (χ0n) is 22.2. The number of amides is 1. The first-order chi connectivity index (χ1) is 16.0. The van der Waals surface area contributed by atoms with Gasteiger partial charge < -0.3 is 14.4 Å². The first-order valence-electron chi connectivity index (χ1n) is 12.1. The summed E-state index contributed by atoms with van der Waals surface area (Å²) < 4.78 is 7.40. The van der Waals surface area contributed by atoms with Crippen LogP contribution in [0.3, 0.4) is 0 Å². The second-order valence-electron chi connectivity index (χ2n) is 12.1. The number of nitrogens with zero attached hydrogens (tertiary/aromatic N) is 1. The zero-order chi connectivity index (χ0) is 26.3. The molecule has 1 N–H and O–H groups in total. The lowest BCUT2D eigenvalue weighted by molar-refractivity contribution is 0.0553. The van der Waals surface area contributed by atoms with E-state index in [2.05, 4.69) is 68.6 Å². The van der Waals surface area contributed by atoms with Gasteiger partial charge in [-0.1, -0.05) is 65.8 Å². The predicted molar refractivity (Wildman–Crippen MR) is 152 cm³/mol. The van der Waals surface area contributed by atoms with E-state index in [1.165, 1.54) is 11.6 Å². The van der Waals surface area contributed by atoms with Gasteiger partial charge in [0, 0.05) is 10.1 Å². The molecule has 1 amide bonds. The maximum atomic E-state index is 14.1. The molecular formula is C28H38INO4Si. The van der Waals surface area contributed by atoms with Crippen LogP contribution in [0.5, 0.6) is 0 Å². The van der Waals surface area contributed by atoms with E-state index in [4.69, 9.17) is 4.43 Å². The smallest absolute Gasteiger partial charge is 0.335 e. The molecule has 1 aliphatic rings. The second kappa shape index (κ2) is 9.98. The Bertz CT molecular complexity index is 1130. The molecule has 2 aromatic rings. The van der Waals surface area contributed by atoms with E-state index >= 15 is 0 Å². The van der Waals surface area contributed by atoms with Crippen molar-refractivity contribution >= 4 is 42.8 Å². The molecule has 2 aromatic carbocycles. The standard InChI is InChI=1S/C28H38INO4Si/c1-27(2,3)23-15-20(26(32)33)14-22(24(23)29)25(31)30-16-19-12-10-9-11-18(19)13-21(30)17-34-35(7,8)28(4,5)6/h9-12,14-15,21H,13,16-17H2,1-8H3,(H,32,33). The van der Waals surface area contributed by atoms with Gasteiger partial charge in [-0.25, -0.2) is 4.79 Å². The fourth-order valence-corrected chi connectivity index (χ4v) is 6.49. The highest BCUT2D eigenvalue weighted by Crippen LogP contribution is 2.38. The van der Waals surface area contributed by atoms with E-state index in [0.29, 0.717) is 18.7 Å². The summed E-state index contributed by atoms with van der Waals surface area (Å²) in [7, 11) is -2.01. The predicted octanol–water partition coefficient (Wildman–Crippen LogP) is 6.88. The van der Waals surface area contributed by atoms with Crippen molar-refractivity contribution in [3.8, 4) is 0 Å². The van der Waals surface area contributed by atoms with Crippen LogP contribution >= 0.6 is 22.6 Å². The fourth-order valence-electron chi connectivity index (χ4n) is 4.10.